The lowest BCUT2D eigenvalue weighted by atomic mass is 10.3. The van der Waals surface area contributed by atoms with Crippen LogP contribution in [0.1, 0.15) is 0 Å². The number of rotatable bonds is 3. The van der Waals surface area contributed by atoms with Gasteiger partial charge in [0.25, 0.3) is 0 Å². The summed E-state index contributed by atoms with van der Waals surface area (Å²) in [5, 5.41) is 2.68. The Bertz CT molecular complexity index is 707. The molecule has 3 rings (SSSR count). The quantitative estimate of drug-likeness (QED) is 0.798. The average molecular weight is 279 g/mol. The van der Waals surface area contributed by atoms with Crippen molar-refractivity contribution < 1.29 is 9.53 Å². The summed E-state index contributed by atoms with van der Waals surface area (Å²) >= 11 is 0. The fraction of sp³-hybridized carbons (Fsp3) is 0. The first-order chi connectivity index (χ1) is 10.3. The van der Waals surface area contributed by atoms with Crippen LogP contribution in [-0.4, -0.2) is 15.6 Å². The van der Waals surface area contributed by atoms with Crippen molar-refractivity contribution in [2.24, 2.45) is 0 Å². The van der Waals surface area contributed by atoms with Crippen molar-refractivity contribution in [3.05, 3.63) is 73.3 Å². The van der Waals surface area contributed by atoms with Crippen molar-refractivity contribution in [2.75, 3.05) is 5.32 Å². The Labute approximate surface area is 121 Å². The van der Waals surface area contributed by atoms with Crippen LogP contribution in [0.3, 0.4) is 0 Å². The minimum atomic E-state index is -0.517. The second-order valence-corrected chi connectivity index (χ2v) is 4.34. The highest BCUT2D eigenvalue weighted by molar-refractivity contribution is 5.86. The predicted molar refractivity (Wildman–Crippen MR) is 79.7 cm³/mol. The van der Waals surface area contributed by atoms with Gasteiger partial charge in [0.15, 0.2) is 0 Å². The first kappa shape index (κ1) is 12.9. The Balaban J connectivity index is 1.64. The molecule has 21 heavy (non-hydrogen) atoms. The maximum absolute atomic E-state index is 11.7. The molecule has 0 aliphatic rings. The Morgan fingerprint density at radius 3 is 2.48 bits per heavy atom. The number of benzene rings is 2. The van der Waals surface area contributed by atoms with Crippen LogP contribution >= 0.6 is 0 Å². The van der Waals surface area contributed by atoms with Gasteiger partial charge in [0.2, 0.25) is 0 Å². The minimum absolute atomic E-state index is 0.505. The molecule has 5 heteroatoms. The average Bonchev–Trinajstić information content (AvgIpc) is 3.03. The first-order valence-electron chi connectivity index (χ1n) is 6.43. The van der Waals surface area contributed by atoms with Gasteiger partial charge in [0.05, 0.1) is 6.33 Å². The van der Waals surface area contributed by atoms with Gasteiger partial charge < -0.3 is 9.30 Å². The molecule has 0 bridgehead atoms. The molecule has 0 saturated carbocycles. The third-order valence-corrected chi connectivity index (χ3v) is 2.87. The molecule has 0 spiro atoms. The lowest BCUT2D eigenvalue weighted by Crippen LogP contribution is -2.16. The highest BCUT2D eigenvalue weighted by Crippen LogP contribution is 2.14. The summed E-state index contributed by atoms with van der Waals surface area (Å²) in [6, 6.07) is 16.3. The molecule has 1 aromatic heterocycles. The third-order valence-electron chi connectivity index (χ3n) is 2.87. The summed E-state index contributed by atoms with van der Waals surface area (Å²) in [6.07, 6.45) is 4.76. The van der Waals surface area contributed by atoms with E-state index in [1.807, 2.05) is 53.2 Å². The van der Waals surface area contributed by atoms with Gasteiger partial charge in [-0.2, -0.15) is 0 Å². The number of nitrogens with zero attached hydrogens (tertiary/aromatic N) is 2. The second-order valence-electron chi connectivity index (χ2n) is 4.34. The number of para-hydroxylation sites is 1. The van der Waals surface area contributed by atoms with Crippen molar-refractivity contribution in [1.29, 1.82) is 0 Å². The van der Waals surface area contributed by atoms with Gasteiger partial charge in [-0.1, -0.05) is 18.2 Å². The van der Waals surface area contributed by atoms with Crippen LogP contribution in [0, 0.1) is 0 Å². The molecule has 0 radical (unpaired) electrons. The molecule has 2 aromatic carbocycles. The van der Waals surface area contributed by atoms with E-state index in [2.05, 4.69) is 10.3 Å². The van der Waals surface area contributed by atoms with Crippen LogP contribution < -0.4 is 10.1 Å². The molecule has 0 saturated heterocycles. The maximum Gasteiger partial charge on any atom is 0.417 e. The third kappa shape index (κ3) is 3.27. The molecule has 0 atom stereocenters. The van der Waals surface area contributed by atoms with Gasteiger partial charge in [-0.05, 0) is 36.4 Å². The minimum Gasteiger partial charge on any atom is -0.410 e. The van der Waals surface area contributed by atoms with Crippen LogP contribution in [0.25, 0.3) is 5.69 Å². The SMILES string of the molecule is O=C(Nc1ccc(-n2ccnc2)cc1)Oc1ccccc1. The van der Waals surface area contributed by atoms with E-state index in [-0.39, 0.29) is 0 Å². The standard InChI is InChI=1S/C16H13N3O2/c20-16(21-15-4-2-1-3-5-15)18-13-6-8-14(9-7-13)19-11-10-17-12-19/h1-12H,(H,18,20). The number of imidazole rings is 1. The molecule has 1 heterocycles. The number of amides is 1. The molecular weight excluding hydrogens is 266 g/mol. The summed E-state index contributed by atoms with van der Waals surface area (Å²) in [5.74, 6) is 0.505. The number of ether oxygens (including phenoxy) is 1. The Kier molecular flexibility index (Phi) is 3.64. The molecule has 5 nitrogen and oxygen atoms in total. The van der Waals surface area contributed by atoms with Gasteiger partial charge in [0, 0.05) is 23.8 Å². The topological polar surface area (TPSA) is 56.2 Å². The monoisotopic (exact) mass is 279 g/mol. The fourth-order valence-corrected chi connectivity index (χ4v) is 1.87. The van der Waals surface area contributed by atoms with Gasteiger partial charge >= 0.3 is 6.09 Å². The molecule has 3 aromatic rings. The van der Waals surface area contributed by atoms with Gasteiger partial charge in [-0.25, -0.2) is 9.78 Å². The normalized spacial score (nSPS) is 10.1. The highest BCUT2D eigenvalue weighted by atomic mass is 16.6. The number of anilines is 1. The summed E-state index contributed by atoms with van der Waals surface area (Å²) < 4.78 is 7.04. The summed E-state index contributed by atoms with van der Waals surface area (Å²) in [4.78, 5) is 15.7. The Hall–Kier alpha value is -3.08. The zero-order chi connectivity index (χ0) is 14.5. The summed E-state index contributed by atoms with van der Waals surface area (Å²) in [7, 11) is 0. The summed E-state index contributed by atoms with van der Waals surface area (Å²) in [6.45, 7) is 0. The molecule has 1 N–H and O–H groups in total. The number of hydrogen-bond donors (Lipinski definition) is 1. The molecule has 0 unspecified atom stereocenters. The van der Waals surface area contributed by atoms with E-state index in [0.29, 0.717) is 11.4 Å². The molecule has 0 aliphatic carbocycles. The van der Waals surface area contributed by atoms with Gasteiger partial charge in [0.1, 0.15) is 5.75 Å². The van der Waals surface area contributed by atoms with Crippen molar-refractivity contribution in [2.45, 2.75) is 0 Å². The zero-order valence-electron chi connectivity index (χ0n) is 11.1. The van der Waals surface area contributed by atoms with E-state index in [1.54, 1.807) is 24.7 Å². The zero-order valence-corrected chi connectivity index (χ0v) is 11.1. The fourth-order valence-electron chi connectivity index (χ4n) is 1.87. The Morgan fingerprint density at radius 1 is 1.05 bits per heavy atom. The number of carbonyl (C=O) groups excluding carboxylic acids is 1. The van der Waals surface area contributed by atoms with E-state index < -0.39 is 6.09 Å². The number of nitrogens with one attached hydrogen (secondary N) is 1. The van der Waals surface area contributed by atoms with E-state index in [9.17, 15) is 4.79 Å². The van der Waals surface area contributed by atoms with Crippen molar-refractivity contribution in [3.8, 4) is 11.4 Å². The maximum atomic E-state index is 11.7. The Morgan fingerprint density at radius 2 is 1.81 bits per heavy atom. The van der Waals surface area contributed by atoms with Crippen LogP contribution in [0.15, 0.2) is 73.3 Å². The summed E-state index contributed by atoms with van der Waals surface area (Å²) in [5.41, 5.74) is 1.63. The van der Waals surface area contributed by atoms with Crippen molar-refractivity contribution in [3.63, 3.8) is 0 Å². The number of aromatic nitrogens is 2. The number of hydrogen-bond acceptors (Lipinski definition) is 3. The van der Waals surface area contributed by atoms with E-state index >= 15 is 0 Å². The second kappa shape index (κ2) is 5.92. The van der Waals surface area contributed by atoms with Crippen LogP contribution in [0.2, 0.25) is 0 Å². The van der Waals surface area contributed by atoms with E-state index in [4.69, 9.17) is 4.74 Å². The molecule has 104 valence electrons. The van der Waals surface area contributed by atoms with Crippen LogP contribution in [0.4, 0.5) is 10.5 Å². The van der Waals surface area contributed by atoms with E-state index in [1.165, 1.54) is 0 Å². The molecule has 0 aliphatic heterocycles. The lowest BCUT2D eigenvalue weighted by molar-refractivity contribution is 0.215. The number of carbonyl (C=O) groups is 1. The molecule has 1 amide bonds. The highest BCUT2D eigenvalue weighted by Gasteiger charge is 2.04. The van der Waals surface area contributed by atoms with Crippen molar-refractivity contribution >= 4 is 11.8 Å². The first-order valence-corrected chi connectivity index (χ1v) is 6.43. The lowest BCUT2D eigenvalue weighted by Gasteiger charge is -2.07. The predicted octanol–water partition coefficient (Wildman–Crippen LogP) is 3.48. The molecule has 0 fully saturated rings. The van der Waals surface area contributed by atoms with Gasteiger partial charge in [-0.15, -0.1) is 0 Å². The largest absolute Gasteiger partial charge is 0.417 e. The van der Waals surface area contributed by atoms with Gasteiger partial charge in [-0.3, -0.25) is 5.32 Å². The van der Waals surface area contributed by atoms with Crippen molar-refractivity contribution in [1.82, 2.24) is 9.55 Å². The van der Waals surface area contributed by atoms with Crippen LogP contribution in [-0.2, 0) is 0 Å². The van der Waals surface area contributed by atoms with E-state index in [0.717, 1.165) is 5.69 Å². The molecular formula is C16H13N3O2. The van der Waals surface area contributed by atoms with Crippen LogP contribution in [0.5, 0.6) is 5.75 Å². The smallest absolute Gasteiger partial charge is 0.410 e.